The monoisotopic (exact) mass is 290 g/mol. The van der Waals surface area contributed by atoms with E-state index in [-0.39, 0.29) is 5.91 Å². The molecule has 2 rings (SSSR count). The molecule has 4 heteroatoms. The first-order valence-electron chi connectivity index (χ1n) is 8.00. The maximum Gasteiger partial charge on any atom is 0.219 e. The Hall–Kier alpha value is -1.55. The highest BCUT2D eigenvalue weighted by Crippen LogP contribution is 2.17. The fourth-order valence-electron chi connectivity index (χ4n) is 3.02. The number of likely N-dealkylation sites (tertiary alicyclic amines) is 1. The second-order valence-corrected chi connectivity index (χ2v) is 6.06. The summed E-state index contributed by atoms with van der Waals surface area (Å²) in [6.07, 6.45) is 3.15. The van der Waals surface area contributed by atoms with Gasteiger partial charge in [0.15, 0.2) is 0 Å². The van der Waals surface area contributed by atoms with Crippen molar-refractivity contribution in [1.29, 1.82) is 0 Å². The molecule has 2 N–H and O–H groups in total. The van der Waals surface area contributed by atoms with Crippen LogP contribution in [-0.4, -0.2) is 39.6 Å². The molecule has 0 spiro atoms. The summed E-state index contributed by atoms with van der Waals surface area (Å²) in [5, 5.41) is 3.07. The predicted octanol–water partition coefficient (Wildman–Crippen LogP) is 0.999. The number of amides is 1. The second kappa shape index (κ2) is 7.46. The molecule has 1 fully saturated rings. The van der Waals surface area contributed by atoms with Gasteiger partial charge in [0.05, 0.1) is 19.6 Å². The molecule has 4 nitrogen and oxygen atoms in total. The summed E-state index contributed by atoms with van der Waals surface area (Å²) in [6, 6.07) is 9.13. The van der Waals surface area contributed by atoms with E-state index >= 15 is 0 Å². The Bertz CT molecular complexity index is 450. The van der Waals surface area contributed by atoms with Crippen molar-refractivity contribution >= 4 is 11.6 Å². The first-order chi connectivity index (χ1) is 10.1. The minimum absolute atomic E-state index is 0.142. The van der Waals surface area contributed by atoms with Gasteiger partial charge in [-0.15, -0.1) is 0 Å². The molecule has 1 aliphatic rings. The van der Waals surface area contributed by atoms with E-state index in [1.807, 2.05) is 6.92 Å². The van der Waals surface area contributed by atoms with E-state index < -0.39 is 0 Å². The fraction of sp³-hybridized carbons (Fsp3) is 0.588. The van der Waals surface area contributed by atoms with E-state index in [0.29, 0.717) is 12.5 Å². The van der Waals surface area contributed by atoms with E-state index in [4.69, 9.17) is 0 Å². The molecule has 1 heterocycles. The van der Waals surface area contributed by atoms with Crippen LogP contribution in [0.25, 0.3) is 0 Å². The summed E-state index contributed by atoms with van der Waals surface area (Å²) in [6.45, 7) is 5.06. The number of nitrogens with one attached hydrogen (secondary N) is 2. The van der Waals surface area contributed by atoms with Crippen LogP contribution in [-0.2, 0) is 4.79 Å². The Morgan fingerprint density at radius 1 is 1.24 bits per heavy atom. The summed E-state index contributed by atoms with van der Waals surface area (Å²) in [5.74, 6) is 0.142. The molecule has 1 saturated heterocycles. The van der Waals surface area contributed by atoms with Crippen molar-refractivity contribution in [2.24, 2.45) is 0 Å². The lowest BCUT2D eigenvalue weighted by Gasteiger charge is -2.25. The largest absolute Gasteiger partial charge is 0.378 e. The van der Waals surface area contributed by atoms with Crippen molar-refractivity contribution in [3.8, 4) is 0 Å². The van der Waals surface area contributed by atoms with Crippen molar-refractivity contribution < 1.29 is 9.69 Å². The lowest BCUT2D eigenvalue weighted by Crippen LogP contribution is -3.11. The van der Waals surface area contributed by atoms with Gasteiger partial charge in [0.2, 0.25) is 5.91 Å². The molecule has 1 aromatic carbocycles. The van der Waals surface area contributed by atoms with Crippen LogP contribution in [0.15, 0.2) is 24.3 Å². The van der Waals surface area contributed by atoms with Gasteiger partial charge >= 0.3 is 0 Å². The Morgan fingerprint density at radius 3 is 2.38 bits per heavy atom. The molecule has 21 heavy (non-hydrogen) atoms. The highest BCUT2D eigenvalue weighted by atomic mass is 16.1. The van der Waals surface area contributed by atoms with Crippen molar-refractivity contribution in [3.05, 3.63) is 29.8 Å². The SMILES string of the molecule is CCC(=O)NC[C@@H](c1ccc(N(C)C)cc1)[NH+]1CCCC1. The molecule has 0 radical (unpaired) electrons. The number of carbonyl (C=O) groups excluding carboxylic acids is 1. The maximum absolute atomic E-state index is 11.6. The number of anilines is 1. The van der Waals surface area contributed by atoms with Crippen LogP contribution in [0, 0.1) is 0 Å². The average Bonchev–Trinajstić information content (AvgIpc) is 3.01. The Kier molecular flexibility index (Phi) is 5.62. The lowest BCUT2D eigenvalue weighted by atomic mass is 10.0. The molecule has 0 unspecified atom stereocenters. The zero-order chi connectivity index (χ0) is 15.2. The zero-order valence-electron chi connectivity index (χ0n) is 13.5. The quantitative estimate of drug-likeness (QED) is 0.820. The third kappa shape index (κ3) is 4.21. The van der Waals surface area contributed by atoms with Gasteiger partial charge in [0, 0.05) is 44.6 Å². The van der Waals surface area contributed by atoms with E-state index in [1.54, 1.807) is 4.90 Å². The summed E-state index contributed by atoms with van der Waals surface area (Å²) < 4.78 is 0. The lowest BCUT2D eigenvalue weighted by molar-refractivity contribution is -0.918. The highest BCUT2D eigenvalue weighted by Gasteiger charge is 2.27. The molecule has 1 aliphatic heterocycles. The fourth-order valence-corrected chi connectivity index (χ4v) is 3.02. The minimum atomic E-state index is 0.142. The Morgan fingerprint density at radius 2 is 1.86 bits per heavy atom. The van der Waals surface area contributed by atoms with Gasteiger partial charge in [-0.1, -0.05) is 19.1 Å². The van der Waals surface area contributed by atoms with Crippen LogP contribution in [0.4, 0.5) is 5.69 Å². The predicted molar refractivity (Wildman–Crippen MR) is 86.7 cm³/mol. The van der Waals surface area contributed by atoms with E-state index in [2.05, 4.69) is 48.6 Å². The highest BCUT2D eigenvalue weighted by molar-refractivity contribution is 5.75. The van der Waals surface area contributed by atoms with Crippen LogP contribution in [0.5, 0.6) is 0 Å². The van der Waals surface area contributed by atoms with Crippen LogP contribution >= 0.6 is 0 Å². The number of rotatable bonds is 6. The van der Waals surface area contributed by atoms with Gasteiger partial charge in [-0.05, 0) is 12.1 Å². The van der Waals surface area contributed by atoms with Crippen LogP contribution in [0.1, 0.15) is 37.8 Å². The van der Waals surface area contributed by atoms with Crippen LogP contribution in [0.2, 0.25) is 0 Å². The van der Waals surface area contributed by atoms with Gasteiger partial charge in [-0.3, -0.25) is 4.79 Å². The van der Waals surface area contributed by atoms with E-state index in [9.17, 15) is 4.79 Å². The van der Waals surface area contributed by atoms with Crippen LogP contribution in [0.3, 0.4) is 0 Å². The van der Waals surface area contributed by atoms with Gasteiger partial charge < -0.3 is 15.1 Å². The number of carbonyl (C=O) groups is 1. The van der Waals surface area contributed by atoms with Crippen molar-refractivity contribution in [3.63, 3.8) is 0 Å². The van der Waals surface area contributed by atoms with Crippen molar-refractivity contribution in [2.45, 2.75) is 32.2 Å². The Balaban J connectivity index is 2.11. The minimum Gasteiger partial charge on any atom is -0.378 e. The molecule has 1 aromatic rings. The van der Waals surface area contributed by atoms with Gasteiger partial charge in [0.1, 0.15) is 6.04 Å². The van der Waals surface area contributed by atoms with Crippen LogP contribution < -0.4 is 15.1 Å². The third-order valence-corrected chi connectivity index (χ3v) is 4.37. The molecule has 0 bridgehead atoms. The smallest absolute Gasteiger partial charge is 0.219 e. The molecule has 1 atom stereocenters. The molecule has 0 saturated carbocycles. The van der Waals surface area contributed by atoms with Gasteiger partial charge in [-0.2, -0.15) is 0 Å². The first kappa shape index (κ1) is 15.8. The average molecular weight is 290 g/mol. The normalized spacial score (nSPS) is 16.7. The number of hydrogen-bond acceptors (Lipinski definition) is 2. The summed E-state index contributed by atoms with van der Waals surface area (Å²) >= 11 is 0. The van der Waals surface area contributed by atoms with E-state index in [1.165, 1.54) is 37.2 Å². The number of hydrogen-bond donors (Lipinski definition) is 2. The molecular weight excluding hydrogens is 262 g/mol. The van der Waals surface area contributed by atoms with Crippen molar-refractivity contribution in [2.75, 3.05) is 38.6 Å². The number of nitrogens with zero attached hydrogens (tertiary/aromatic N) is 1. The number of benzene rings is 1. The van der Waals surface area contributed by atoms with E-state index in [0.717, 1.165) is 6.54 Å². The third-order valence-electron chi connectivity index (χ3n) is 4.37. The second-order valence-electron chi connectivity index (χ2n) is 6.06. The molecule has 0 aliphatic carbocycles. The van der Waals surface area contributed by atoms with Gasteiger partial charge in [-0.25, -0.2) is 0 Å². The van der Waals surface area contributed by atoms with Crippen molar-refractivity contribution in [1.82, 2.24) is 5.32 Å². The Labute approximate surface area is 128 Å². The first-order valence-corrected chi connectivity index (χ1v) is 8.00. The number of quaternary nitrogens is 1. The molecule has 0 aromatic heterocycles. The summed E-state index contributed by atoms with van der Waals surface area (Å²) in [7, 11) is 4.11. The molecule has 116 valence electrons. The zero-order valence-corrected chi connectivity index (χ0v) is 13.5. The standard InChI is InChI=1S/C17H27N3O/c1-4-17(21)18-13-16(20-11-5-6-12-20)14-7-9-15(10-8-14)19(2)3/h7-10,16H,4-6,11-13H2,1-3H3,(H,18,21)/p+1/t16-/m0/s1. The topological polar surface area (TPSA) is 36.8 Å². The molecule has 1 amide bonds. The summed E-state index contributed by atoms with van der Waals surface area (Å²) in [4.78, 5) is 15.3. The van der Waals surface area contributed by atoms with Gasteiger partial charge in [0.25, 0.3) is 0 Å². The molecular formula is C17H28N3O+. The maximum atomic E-state index is 11.6. The summed E-state index contributed by atoms with van der Waals surface area (Å²) in [5.41, 5.74) is 2.54.